The molecule has 5 heteroatoms. The third-order valence-electron chi connectivity index (χ3n) is 3.42. The van der Waals surface area contributed by atoms with E-state index < -0.39 is 0 Å². The fourth-order valence-electron chi connectivity index (χ4n) is 2.35. The van der Waals surface area contributed by atoms with Gasteiger partial charge in [-0.25, -0.2) is 9.97 Å². The van der Waals surface area contributed by atoms with Gasteiger partial charge in [0.25, 0.3) is 0 Å². The molecule has 0 spiro atoms. The van der Waals surface area contributed by atoms with Gasteiger partial charge in [0, 0.05) is 36.6 Å². The number of hydrogen-bond donors (Lipinski definition) is 1. The van der Waals surface area contributed by atoms with E-state index in [0.29, 0.717) is 0 Å². The zero-order chi connectivity index (χ0) is 11.7. The lowest BCUT2D eigenvalue weighted by molar-refractivity contribution is 0.0999. The lowest BCUT2D eigenvalue weighted by atomic mass is 10.0. The Morgan fingerprint density at radius 3 is 3.29 bits per heavy atom. The number of aromatic nitrogens is 3. The number of aromatic amines is 1. The molecular weight excluding hydrogens is 232 g/mol. The van der Waals surface area contributed by atoms with Crippen LogP contribution < -0.4 is 0 Å². The average molecular weight is 248 g/mol. The number of H-pyrrole nitrogens is 1. The van der Waals surface area contributed by atoms with Crippen LogP contribution in [0.3, 0.4) is 0 Å². The maximum Gasteiger partial charge on any atom is 0.116 e. The molecule has 90 valence electrons. The molecule has 1 atom stereocenters. The summed E-state index contributed by atoms with van der Waals surface area (Å²) < 4.78 is 0. The molecule has 0 saturated carbocycles. The van der Waals surface area contributed by atoms with Crippen molar-refractivity contribution in [3.05, 3.63) is 24.3 Å². The minimum Gasteiger partial charge on any atom is -0.358 e. The van der Waals surface area contributed by atoms with E-state index in [-0.39, 0.29) is 0 Å². The number of thioether (sulfide) groups is 1. The fourth-order valence-corrected chi connectivity index (χ4v) is 3.11. The number of fused-ring (bicyclic) bond motifs is 1. The molecule has 0 radical (unpaired) electrons. The van der Waals surface area contributed by atoms with Gasteiger partial charge in [-0.15, -0.1) is 0 Å². The largest absolute Gasteiger partial charge is 0.358 e. The van der Waals surface area contributed by atoms with Crippen molar-refractivity contribution < 1.29 is 0 Å². The predicted octanol–water partition coefficient (Wildman–Crippen LogP) is 1.90. The van der Waals surface area contributed by atoms with Gasteiger partial charge >= 0.3 is 0 Å². The smallest absolute Gasteiger partial charge is 0.116 e. The summed E-state index contributed by atoms with van der Waals surface area (Å²) in [4.78, 5) is 14.1. The molecule has 17 heavy (non-hydrogen) atoms. The zero-order valence-electron chi connectivity index (χ0n) is 9.89. The maximum absolute atomic E-state index is 4.35. The van der Waals surface area contributed by atoms with Crippen molar-refractivity contribution in [3.8, 4) is 0 Å². The zero-order valence-corrected chi connectivity index (χ0v) is 10.7. The van der Waals surface area contributed by atoms with Gasteiger partial charge in [0.15, 0.2) is 0 Å². The van der Waals surface area contributed by atoms with Crippen molar-refractivity contribution in [1.29, 1.82) is 0 Å². The maximum atomic E-state index is 4.35. The van der Waals surface area contributed by atoms with Crippen LogP contribution in [0.15, 0.2) is 18.7 Å². The highest BCUT2D eigenvalue weighted by molar-refractivity contribution is 7.98. The van der Waals surface area contributed by atoms with E-state index in [1.54, 1.807) is 6.33 Å². The number of hydrogen-bond acceptors (Lipinski definition) is 4. The van der Waals surface area contributed by atoms with Crippen LogP contribution in [0, 0.1) is 0 Å². The third-order valence-corrected chi connectivity index (χ3v) is 4.13. The number of rotatable bonds is 4. The van der Waals surface area contributed by atoms with Crippen LogP contribution in [0.25, 0.3) is 11.0 Å². The quantitative estimate of drug-likeness (QED) is 0.897. The van der Waals surface area contributed by atoms with Crippen LogP contribution in [0.5, 0.6) is 0 Å². The van der Waals surface area contributed by atoms with Crippen LogP contribution >= 0.6 is 11.8 Å². The molecule has 0 unspecified atom stereocenters. The molecule has 1 fully saturated rings. The summed E-state index contributed by atoms with van der Waals surface area (Å²) in [5.41, 5.74) is 3.38. The second-order valence-corrected chi connectivity index (χ2v) is 5.38. The summed E-state index contributed by atoms with van der Waals surface area (Å²) in [6, 6.07) is 0.747. The first-order valence-corrected chi connectivity index (χ1v) is 7.27. The van der Waals surface area contributed by atoms with Gasteiger partial charge in [-0.2, -0.15) is 11.8 Å². The molecule has 3 heterocycles. The summed E-state index contributed by atoms with van der Waals surface area (Å²) in [5.74, 6) is 1.23. The first-order chi connectivity index (χ1) is 8.38. The molecule has 2 aromatic rings. The van der Waals surface area contributed by atoms with Gasteiger partial charge < -0.3 is 4.98 Å². The van der Waals surface area contributed by atoms with Gasteiger partial charge in [0.05, 0.1) is 17.2 Å². The van der Waals surface area contributed by atoms with Crippen LogP contribution in [-0.2, 0) is 6.54 Å². The topological polar surface area (TPSA) is 44.8 Å². The van der Waals surface area contributed by atoms with Crippen molar-refractivity contribution in [2.75, 3.05) is 18.6 Å². The van der Waals surface area contributed by atoms with Crippen molar-refractivity contribution in [2.24, 2.45) is 0 Å². The Morgan fingerprint density at radius 2 is 2.53 bits per heavy atom. The fraction of sp³-hybridized carbons (Fsp3) is 0.500. The van der Waals surface area contributed by atoms with Gasteiger partial charge in [-0.1, -0.05) is 0 Å². The molecule has 0 aromatic carbocycles. The van der Waals surface area contributed by atoms with Gasteiger partial charge in [0.1, 0.15) is 6.33 Å². The Bertz CT molecular complexity index is 510. The van der Waals surface area contributed by atoms with E-state index >= 15 is 0 Å². The second kappa shape index (κ2) is 4.66. The summed E-state index contributed by atoms with van der Waals surface area (Å²) in [6.07, 6.45) is 9.03. The molecule has 1 saturated heterocycles. The number of nitrogens with zero attached hydrogens (tertiary/aromatic N) is 3. The summed E-state index contributed by atoms with van der Waals surface area (Å²) in [5, 5.41) is 0. The molecule has 1 aliphatic heterocycles. The summed E-state index contributed by atoms with van der Waals surface area (Å²) in [7, 11) is 0. The molecule has 3 rings (SSSR count). The third kappa shape index (κ3) is 2.05. The molecule has 1 aliphatic rings. The number of nitrogens with one attached hydrogen (secondary N) is 1. The van der Waals surface area contributed by atoms with Gasteiger partial charge in [0.2, 0.25) is 0 Å². The van der Waals surface area contributed by atoms with Gasteiger partial charge in [-0.3, -0.25) is 4.90 Å². The standard InChI is InChI=1S/C12H16N4S/c1-17-7-10-2-3-16(10)6-9-4-14-11-5-13-8-15-12(9)11/h4-5,8,10,14H,2-3,6-7H2,1H3/t10-/m1/s1. The monoisotopic (exact) mass is 248 g/mol. The van der Waals surface area contributed by atoms with Crippen molar-refractivity contribution in [1.82, 2.24) is 19.9 Å². The molecule has 0 aliphatic carbocycles. The average Bonchev–Trinajstić information content (AvgIpc) is 2.75. The predicted molar refractivity (Wildman–Crippen MR) is 71.1 cm³/mol. The SMILES string of the molecule is CSC[C@H]1CCN1Cc1c[nH]c2cncnc12. The minimum absolute atomic E-state index is 0.747. The van der Waals surface area contributed by atoms with Crippen LogP contribution in [-0.4, -0.2) is 44.4 Å². The number of likely N-dealkylation sites (tertiary alicyclic amines) is 1. The van der Waals surface area contributed by atoms with E-state index in [2.05, 4.69) is 32.3 Å². The molecule has 0 amide bonds. The van der Waals surface area contributed by atoms with Crippen LogP contribution in [0.2, 0.25) is 0 Å². The van der Waals surface area contributed by atoms with Crippen molar-refractivity contribution in [2.45, 2.75) is 19.0 Å². The van der Waals surface area contributed by atoms with E-state index in [9.17, 15) is 0 Å². The van der Waals surface area contributed by atoms with E-state index in [4.69, 9.17) is 0 Å². The lowest BCUT2D eigenvalue weighted by Crippen LogP contribution is -2.48. The first-order valence-electron chi connectivity index (χ1n) is 5.87. The first kappa shape index (κ1) is 11.0. The van der Waals surface area contributed by atoms with E-state index in [1.807, 2.05) is 18.0 Å². The molecule has 1 N–H and O–H groups in total. The summed E-state index contributed by atoms with van der Waals surface area (Å²) in [6.45, 7) is 2.21. The molecule has 0 bridgehead atoms. The summed E-state index contributed by atoms with van der Waals surface area (Å²) >= 11 is 1.93. The van der Waals surface area contributed by atoms with E-state index in [0.717, 1.165) is 23.6 Å². The highest BCUT2D eigenvalue weighted by Crippen LogP contribution is 2.25. The Balaban J connectivity index is 1.77. The Hall–Kier alpha value is -1.07. The lowest BCUT2D eigenvalue weighted by Gasteiger charge is -2.40. The van der Waals surface area contributed by atoms with Gasteiger partial charge in [-0.05, 0) is 12.7 Å². The Morgan fingerprint density at radius 1 is 1.59 bits per heavy atom. The van der Waals surface area contributed by atoms with Crippen LogP contribution in [0.4, 0.5) is 0 Å². The van der Waals surface area contributed by atoms with Crippen molar-refractivity contribution in [3.63, 3.8) is 0 Å². The van der Waals surface area contributed by atoms with E-state index in [1.165, 1.54) is 24.3 Å². The second-order valence-electron chi connectivity index (χ2n) is 4.47. The normalized spacial score (nSPS) is 20.6. The molecular formula is C12H16N4S. The Kier molecular flexibility index (Phi) is 3.03. The molecule has 2 aromatic heterocycles. The Labute approximate surface area is 105 Å². The van der Waals surface area contributed by atoms with Crippen molar-refractivity contribution >= 4 is 22.8 Å². The van der Waals surface area contributed by atoms with Crippen LogP contribution in [0.1, 0.15) is 12.0 Å². The highest BCUT2D eigenvalue weighted by atomic mass is 32.2. The molecule has 4 nitrogen and oxygen atoms in total. The highest BCUT2D eigenvalue weighted by Gasteiger charge is 2.27. The minimum atomic E-state index is 0.747.